The van der Waals surface area contributed by atoms with Gasteiger partial charge in [-0.15, -0.1) is 0 Å². The van der Waals surface area contributed by atoms with Crippen LogP contribution in [0.2, 0.25) is 0 Å². The van der Waals surface area contributed by atoms with Crippen LogP contribution in [-0.4, -0.2) is 43.4 Å². The summed E-state index contributed by atoms with van der Waals surface area (Å²) in [5.41, 5.74) is 0.393. The number of carbonyl (C=O) groups excluding carboxylic acids is 1. The van der Waals surface area contributed by atoms with Crippen LogP contribution in [0.3, 0.4) is 0 Å². The maximum atomic E-state index is 11.7. The predicted octanol–water partition coefficient (Wildman–Crippen LogP) is 0.989. The molecule has 2 heterocycles. The zero-order chi connectivity index (χ0) is 12.1. The number of ether oxygens (including phenoxy) is 2. The number of nitrogens with zero attached hydrogens (tertiary/aromatic N) is 1. The first-order valence-electron chi connectivity index (χ1n) is 5.35. The highest BCUT2D eigenvalue weighted by Gasteiger charge is 2.16. The van der Waals surface area contributed by atoms with Gasteiger partial charge in [-0.05, 0) is 28.1 Å². The molecule has 0 saturated carbocycles. The summed E-state index contributed by atoms with van der Waals surface area (Å²) in [5.74, 6) is -0.202. The predicted molar refractivity (Wildman–Crippen MR) is 64.8 cm³/mol. The lowest BCUT2D eigenvalue weighted by atomic mass is 10.3. The molecule has 5 nitrogen and oxygen atoms in total. The van der Waals surface area contributed by atoms with Crippen LogP contribution in [-0.2, 0) is 9.47 Å². The van der Waals surface area contributed by atoms with Gasteiger partial charge >= 0.3 is 0 Å². The zero-order valence-corrected chi connectivity index (χ0v) is 10.8. The van der Waals surface area contributed by atoms with E-state index in [0.717, 1.165) is 4.47 Å². The third-order valence-electron chi connectivity index (χ3n) is 2.34. The van der Waals surface area contributed by atoms with Crippen molar-refractivity contribution in [1.82, 2.24) is 10.3 Å². The molecule has 0 bridgehead atoms. The summed E-state index contributed by atoms with van der Waals surface area (Å²) in [6.45, 7) is 2.17. The van der Waals surface area contributed by atoms with Crippen molar-refractivity contribution in [1.29, 1.82) is 0 Å². The summed E-state index contributed by atoms with van der Waals surface area (Å²) >= 11 is 3.27. The molecule has 1 unspecified atom stereocenters. The van der Waals surface area contributed by atoms with Gasteiger partial charge in [0.1, 0.15) is 5.69 Å². The molecule has 1 N–H and O–H groups in total. The van der Waals surface area contributed by atoms with E-state index >= 15 is 0 Å². The van der Waals surface area contributed by atoms with Crippen molar-refractivity contribution < 1.29 is 14.3 Å². The zero-order valence-electron chi connectivity index (χ0n) is 9.19. The standard InChI is InChI=1S/C11H13BrN2O3/c12-8-1-2-10(13-5-8)11(15)14-6-9-7-16-3-4-17-9/h1-2,5,9H,3-4,6-7H2,(H,14,15). The summed E-state index contributed by atoms with van der Waals surface area (Å²) in [7, 11) is 0. The molecule has 1 saturated heterocycles. The topological polar surface area (TPSA) is 60.5 Å². The first-order chi connectivity index (χ1) is 8.25. The normalized spacial score (nSPS) is 19.9. The Balaban J connectivity index is 1.82. The lowest BCUT2D eigenvalue weighted by Gasteiger charge is -2.22. The fourth-order valence-corrected chi connectivity index (χ4v) is 1.70. The highest BCUT2D eigenvalue weighted by molar-refractivity contribution is 9.10. The molecule has 1 aliphatic rings. The molecule has 6 heteroatoms. The minimum absolute atomic E-state index is 0.0665. The minimum Gasteiger partial charge on any atom is -0.376 e. The number of amides is 1. The Bertz CT molecular complexity index is 377. The summed E-state index contributed by atoms with van der Waals surface area (Å²) < 4.78 is 11.5. The van der Waals surface area contributed by atoms with Gasteiger partial charge in [0, 0.05) is 17.2 Å². The van der Waals surface area contributed by atoms with Crippen molar-refractivity contribution in [3.05, 3.63) is 28.5 Å². The molecule has 1 aliphatic heterocycles. The van der Waals surface area contributed by atoms with Gasteiger partial charge in [0.15, 0.2) is 0 Å². The van der Waals surface area contributed by atoms with Crippen LogP contribution in [0.4, 0.5) is 0 Å². The summed E-state index contributed by atoms with van der Waals surface area (Å²) in [5, 5.41) is 2.77. The van der Waals surface area contributed by atoms with Crippen LogP contribution >= 0.6 is 15.9 Å². The molecule has 1 amide bonds. The number of rotatable bonds is 3. The molecule has 1 atom stereocenters. The fourth-order valence-electron chi connectivity index (χ4n) is 1.46. The smallest absolute Gasteiger partial charge is 0.269 e. The summed E-state index contributed by atoms with van der Waals surface area (Å²) in [6.07, 6.45) is 1.53. The van der Waals surface area contributed by atoms with E-state index in [1.54, 1.807) is 18.3 Å². The maximum Gasteiger partial charge on any atom is 0.269 e. The number of aromatic nitrogens is 1. The van der Waals surface area contributed by atoms with Crippen LogP contribution in [0.5, 0.6) is 0 Å². The molecule has 17 heavy (non-hydrogen) atoms. The summed E-state index contributed by atoms with van der Waals surface area (Å²) in [4.78, 5) is 15.7. The number of carbonyl (C=O) groups is 1. The summed E-state index contributed by atoms with van der Waals surface area (Å²) in [6, 6.07) is 3.44. The second-order valence-electron chi connectivity index (χ2n) is 3.64. The highest BCUT2D eigenvalue weighted by atomic mass is 79.9. The largest absolute Gasteiger partial charge is 0.376 e. The lowest BCUT2D eigenvalue weighted by Crippen LogP contribution is -2.39. The SMILES string of the molecule is O=C(NCC1COCCO1)c1ccc(Br)cn1. The molecule has 1 aromatic rings. The number of pyridine rings is 1. The number of hydrogen-bond acceptors (Lipinski definition) is 4. The Morgan fingerprint density at radius 2 is 2.41 bits per heavy atom. The Kier molecular flexibility index (Phi) is 4.47. The van der Waals surface area contributed by atoms with E-state index in [2.05, 4.69) is 26.2 Å². The monoisotopic (exact) mass is 300 g/mol. The van der Waals surface area contributed by atoms with Crippen LogP contribution in [0.15, 0.2) is 22.8 Å². The molecule has 1 fully saturated rings. The van der Waals surface area contributed by atoms with Crippen LogP contribution in [0.25, 0.3) is 0 Å². The van der Waals surface area contributed by atoms with Gasteiger partial charge in [0.2, 0.25) is 0 Å². The van der Waals surface area contributed by atoms with Crippen LogP contribution < -0.4 is 5.32 Å². The molecule has 0 aromatic carbocycles. The Labute approximate surface area is 108 Å². The van der Waals surface area contributed by atoms with Crippen molar-refractivity contribution in [2.24, 2.45) is 0 Å². The van der Waals surface area contributed by atoms with Gasteiger partial charge in [0.25, 0.3) is 5.91 Å². The minimum atomic E-state index is -0.202. The molecule has 1 aromatic heterocycles. The van der Waals surface area contributed by atoms with Crippen LogP contribution in [0, 0.1) is 0 Å². The van der Waals surface area contributed by atoms with Crippen molar-refractivity contribution in [2.45, 2.75) is 6.10 Å². The van der Waals surface area contributed by atoms with Gasteiger partial charge in [-0.3, -0.25) is 4.79 Å². The number of hydrogen-bond donors (Lipinski definition) is 1. The average Bonchev–Trinajstić information content (AvgIpc) is 2.38. The third kappa shape index (κ3) is 3.76. The maximum absolute atomic E-state index is 11.7. The average molecular weight is 301 g/mol. The van der Waals surface area contributed by atoms with Gasteiger partial charge in [-0.2, -0.15) is 0 Å². The molecule has 0 aliphatic carbocycles. The van der Waals surface area contributed by atoms with Crippen molar-refractivity contribution in [2.75, 3.05) is 26.4 Å². The second kappa shape index (κ2) is 6.09. The van der Waals surface area contributed by atoms with E-state index in [9.17, 15) is 4.79 Å². The van der Waals surface area contributed by atoms with E-state index in [1.807, 2.05) is 0 Å². The van der Waals surface area contributed by atoms with Crippen LogP contribution in [0.1, 0.15) is 10.5 Å². The van der Waals surface area contributed by atoms with E-state index in [-0.39, 0.29) is 12.0 Å². The first kappa shape index (κ1) is 12.5. The molecular weight excluding hydrogens is 288 g/mol. The quantitative estimate of drug-likeness (QED) is 0.904. The molecule has 0 radical (unpaired) electrons. The molecular formula is C11H13BrN2O3. The van der Waals surface area contributed by atoms with Gasteiger partial charge in [-0.25, -0.2) is 4.98 Å². The highest BCUT2D eigenvalue weighted by Crippen LogP contribution is 2.07. The third-order valence-corrected chi connectivity index (χ3v) is 2.80. The second-order valence-corrected chi connectivity index (χ2v) is 4.56. The Morgan fingerprint density at radius 1 is 1.53 bits per heavy atom. The van der Waals surface area contributed by atoms with Gasteiger partial charge in [0.05, 0.1) is 25.9 Å². The molecule has 2 rings (SSSR count). The fraction of sp³-hybridized carbons (Fsp3) is 0.455. The number of nitrogens with one attached hydrogen (secondary N) is 1. The molecule has 92 valence electrons. The lowest BCUT2D eigenvalue weighted by molar-refractivity contribution is -0.0855. The van der Waals surface area contributed by atoms with Gasteiger partial charge < -0.3 is 14.8 Å². The van der Waals surface area contributed by atoms with Crippen molar-refractivity contribution in [3.63, 3.8) is 0 Å². The van der Waals surface area contributed by atoms with E-state index in [1.165, 1.54) is 0 Å². The number of halogens is 1. The van der Waals surface area contributed by atoms with E-state index in [0.29, 0.717) is 32.1 Å². The van der Waals surface area contributed by atoms with Gasteiger partial charge in [-0.1, -0.05) is 0 Å². The van der Waals surface area contributed by atoms with Crippen molar-refractivity contribution in [3.8, 4) is 0 Å². The Morgan fingerprint density at radius 3 is 3.06 bits per heavy atom. The van der Waals surface area contributed by atoms with E-state index < -0.39 is 0 Å². The Hall–Kier alpha value is -0.980. The first-order valence-corrected chi connectivity index (χ1v) is 6.14. The molecule has 0 spiro atoms. The van der Waals surface area contributed by atoms with E-state index in [4.69, 9.17) is 9.47 Å². The van der Waals surface area contributed by atoms with Crippen molar-refractivity contribution >= 4 is 21.8 Å².